The molecule has 0 bridgehead atoms. The maximum Gasteiger partial charge on any atom is 0.0530 e. The topological polar surface area (TPSA) is 0 Å². The lowest BCUT2D eigenvalue weighted by molar-refractivity contribution is 0.678. The first-order valence-corrected chi connectivity index (χ1v) is 6.00. The van der Waals surface area contributed by atoms with Gasteiger partial charge in [0, 0.05) is 0 Å². The van der Waals surface area contributed by atoms with Crippen LogP contribution in [0.2, 0.25) is 0 Å². The largest absolute Gasteiger partial charge is 0.147 e. The molecule has 59 valence electrons. The Kier molecular flexibility index (Phi) is 4.00. The molecule has 0 aromatic rings. The van der Waals surface area contributed by atoms with Crippen molar-refractivity contribution in [1.82, 2.24) is 0 Å². The van der Waals surface area contributed by atoms with Gasteiger partial charge in [0.2, 0.25) is 0 Å². The second-order valence-corrected chi connectivity index (χ2v) is 5.43. The van der Waals surface area contributed by atoms with Gasteiger partial charge in [0.25, 0.3) is 0 Å². The fourth-order valence-electron chi connectivity index (χ4n) is 0.971. The van der Waals surface area contributed by atoms with Gasteiger partial charge in [0.05, 0.1) is 4.58 Å². The molecule has 1 saturated heterocycles. The van der Waals surface area contributed by atoms with Gasteiger partial charge in [-0.25, -0.2) is 0 Å². The third-order valence-electron chi connectivity index (χ3n) is 1.76. The van der Waals surface area contributed by atoms with E-state index in [1.165, 1.54) is 24.3 Å². The molecule has 0 aromatic heterocycles. The molecular weight excluding hydrogens is 160 g/mol. The summed E-state index contributed by atoms with van der Waals surface area (Å²) in [5, 5.41) is 0. The monoisotopic (exact) mass is 175 g/mol. The Labute approximate surface area is 72.5 Å². The van der Waals surface area contributed by atoms with E-state index in [9.17, 15) is 0 Å². The Morgan fingerprint density at radius 1 is 1.50 bits per heavy atom. The molecular formula is C8H15S2. The van der Waals surface area contributed by atoms with Gasteiger partial charge in [-0.2, -0.15) is 0 Å². The molecule has 1 atom stereocenters. The van der Waals surface area contributed by atoms with Crippen LogP contribution in [0, 0.1) is 12.8 Å². The Balaban J connectivity index is 2.24. The van der Waals surface area contributed by atoms with E-state index in [2.05, 4.69) is 37.4 Å². The Hall–Kier alpha value is 0.700. The van der Waals surface area contributed by atoms with Crippen molar-refractivity contribution in [2.24, 2.45) is 5.92 Å². The van der Waals surface area contributed by atoms with Gasteiger partial charge >= 0.3 is 0 Å². The summed E-state index contributed by atoms with van der Waals surface area (Å²) in [5.74, 6) is 3.36. The van der Waals surface area contributed by atoms with Crippen molar-refractivity contribution in [3.8, 4) is 0 Å². The lowest BCUT2D eigenvalue weighted by atomic mass is 10.2. The Morgan fingerprint density at radius 3 is 2.60 bits per heavy atom. The molecule has 10 heavy (non-hydrogen) atoms. The molecule has 1 radical (unpaired) electrons. The van der Waals surface area contributed by atoms with E-state index in [1.807, 2.05) is 0 Å². The van der Waals surface area contributed by atoms with Crippen LogP contribution in [0.15, 0.2) is 0 Å². The summed E-state index contributed by atoms with van der Waals surface area (Å²) in [7, 11) is 0. The normalized spacial score (nSPS) is 24.6. The lowest BCUT2D eigenvalue weighted by Crippen LogP contribution is -2.14. The molecule has 2 heteroatoms. The Bertz CT molecular complexity index is 87.3. The Morgan fingerprint density at radius 2 is 2.10 bits per heavy atom. The van der Waals surface area contributed by atoms with Crippen molar-refractivity contribution in [2.45, 2.75) is 24.3 Å². The number of rotatable bonds is 2. The minimum absolute atomic E-state index is 0.662. The fraction of sp³-hybridized carbons (Fsp3) is 0.875. The van der Waals surface area contributed by atoms with E-state index in [-0.39, 0.29) is 0 Å². The highest BCUT2D eigenvalue weighted by molar-refractivity contribution is 8.17. The van der Waals surface area contributed by atoms with Crippen LogP contribution in [-0.2, 0) is 0 Å². The van der Waals surface area contributed by atoms with Crippen LogP contribution in [-0.4, -0.2) is 16.1 Å². The summed E-state index contributed by atoms with van der Waals surface area (Å²) >= 11 is 4.19. The number of hydrogen-bond donors (Lipinski definition) is 0. The van der Waals surface area contributed by atoms with Crippen molar-refractivity contribution in [1.29, 1.82) is 0 Å². The number of hydrogen-bond acceptors (Lipinski definition) is 2. The molecule has 1 heterocycles. The first kappa shape index (κ1) is 8.79. The molecule has 0 aromatic carbocycles. The predicted molar refractivity (Wildman–Crippen MR) is 52.5 cm³/mol. The van der Waals surface area contributed by atoms with Crippen LogP contribution in [0.5, 0.6) is 0 Å². The van der Waals surface area contributed by atoms with Gasteiger partial charge in [0.15, 0.2) is 0 Å². The molecule has 0 saturated carbocycles. The molecule has 0 amide bonds. The zero-order valence-corrected chi connectivity index (χ0v) is 8.14. The molecule has 0 spiro atoms. The van der Waals surface area contributed by atoms with E-state index in [4.69, 9.17) is 0 Å². The molecule has 1 aliphatic heterocycles. The summed E-state index contributed by atoms with van der Waals surface area (Å²) in [4.78, 5) is 0. The molecule has 1 fully saturated rings. The summed E-state index contributed by atoms with van der Waals surface area (Å²) in [6.07, 6.45) is 2.62. The highest BCUT2D eigenvalue weighted by Crippen LogP contribution is 2.36. The second kappa shape index (κ2) is 4.55. The SMILES string of the molecule is [CH2]C(CC)C1SCCCS1. The minimum atomic E-state index is 0.662. The molecule has 1 unspecified atom stereocenters. The third kappa shape index (κ3) is 2.39. The van der Waals surface area contributed by atoms with Crippen molar-refractivity contribution in [3.63, 3.8) is 0 Å². The van der Waals surface area contributed by atoms with Gasteiger partial charge in [-0.15, -0.1) is 23.5 Å². The van der Waals surface area contributed by atoms with Gasteiger partial charge in [-0.05, 0) is 30.8 Å². The van der Waals surface area contributed by atoms with E-state index >= 15 is 0 Å². The van der Waals surface area contributed by atoms with E-state index in [1.54, 1.807) is 0 Å². The molecule has 0 N–H and O–H groups in total. The fourth-order valence-corrected chi connectivity index (χ4v) is 4.13. The van der Waals surface area contributed by atoms with Crippen LogP contribution in [0.25, 0.3) is 0 Å². The van der Waals surface area contributed by atoms with Crippen LogP contribution < -0.4 is 0 Å². The van der Waals surface area contributed by atoms with Gasteiger partial charge in [-0.3, -0.25) is 0 Å². The van der Waals surface area contributed by atoms with Crippen LogP contribution in [0.3, 0.4) is 0 Å². The average molecular weight is 175 g/mol. The first-order valence-electron chi connectivity index (χ1n) is 3.91. The van der Waals surface area contributed by atoms with E-state index < -0.39 is 0 Å². The summed E-state index contributed by atoms with van der Waals surface area (Å²) in [6, 6.07) is 0. The molecule has 0 aliphatic carbocycles. The van der Waals surface area contributed by atoms with Crippen LogP contribution in [0.1, 0.15) is 19.8 Å². The van der Waals surface area contributed by atoms with Crippen LogP contribution >= 0.6 is 23.5 Å². The van der Waals surface area contributed by atoms with Gasteiger partial charge in [0.1, 0.15) is 0 Å². The first-order chi connectivity index (χ1) is 4.84. The predicted octanol–water partition coefficient (Wildman–Crippen LogP) is 3.04. The van der Waals surface area contributed by atoms with E-state index in [0.717, 1.165) is 4.58 Å². The maximum absolute atomic E-state index is 4.14. The average Bonchev–Trinajstić information content (AvgIpc) is 2.05. The third-order valence-corrected chi connectivity index (χ3v) is 5.05. The maximum atomic E-state index is 4.14. The smallest absolute Gasteiger partial charge is 0.0530 e. The van der Waals surface area contributed by atoms with Crippen LogP contribution in [0.4, 0.5) is 0 Å². The second-order valence-electron chi connectivity index (χ2n) is 2.63. The van der Waals surface area contributed by atoms with Crippen molar-refractivity contribution >= 4 is 23.5 Å². The standard InChI is InChI=1S/C8H15S2/c1-3-7(2)8-9-5-4-6-10-8/h7-8H,2-6H2,1H3. The lowest BCUT2D eigenvalue weighted by Gasteiger charge is -2.25. The minimum Gasteiger partial charge on any atom is -0.147 e. The summed E-state index contributed by atoms with van der Waals surface area (Å²) in [5.41, 5.74) is 0. The zero-order valence-electron chi connectivity index (χ0n) is 6.51. The number of thioether (sulfide) groups is 2. The van der Waals surface area contributed by atoms with Gasteiger partial charge in [-0.1, -0.05) is 13.3 Å². The summed E-state index contributed by atoms with van der Waals surface area (Å²) in [6.45, 7) is 6.37. The highest BCUT2D eigenvalue weighted by atomic mass is 32.2. The quantitative estimate of drug-likeness (QED) is 0.632. The van der Waals surface area contributed by atoms with Crippen molar-refractivity contribution in [2.75, 3.05) is 11.5 Å². The van der Waals surface area contributed by atoms with Crippen molar-refractivity contribution < 1.29 is 0 Å². The van der Waals surface area contributed by atoms with Crippen molar-refractivity contribution in [3.05, 3.63) is 6.92 Å². The molecule has 0 nitrogen and oxygen atoms in total. The molecule has 1 rings (SSSR count). The van der Waals surface area contributed by atoms with Gasteiger partial charge < -0.3 is 0 Å². The summed E-state index contributed by atoms with van der Waals surface area (Å²) < 4.78 is 0.791. The zero-order chi connectivity index (χ0) is 7.40. The van der Waals surface area contributed by atoms with E-state index in [0.29, 0.717) is 5.92 Å². The highest BCUT2D eigenvalue weighted by Gasteiger charge is 2.19. The molecule has 1 aliphatic rings.